The van der Waals surface area contributed by atoms with E-state index in [4.69, 9.17) is 9.84 Å². The number of carbonyl (C=O) groups excluding carboxylic acids is 1. The lowest BCUT2D eigenvalue weighted by Gasteiger charge is -2.10. The summed E-state index contributed by atoms with van der Waals surface area (Å²) in [7, 11) is 0. The molecule has 1 rings (SSSR count). The van der Waals surface area contributed by atoms with Gasteiger partial charge in [0.15, 0.2) is 0 Å². The molecule has 0 fully saturated rings. The van der Waals surface area contributed by atoms with Gasteiger partial charge in [-0.2, -0.15) is 0 Å². The highest BCUT2D eigenvalue weighted by molar-refractivity contribution is 5.89. The predicted molar refractivity (Wildman–Crippen MR) is 85.3 cm³/mol. The van der Waals surface area contributed by atoms with Crippen LogP contribution in [0.5, 0.6) is 5.75 Å². The minimum absolute atomic E-state index is 0.0443. The maximum Gasteiger partial charge on any atom is 0.319 e. The summed E-state index contributed by atoms with van der Waals surface area (Å²) in [6.07, 6.45) is 1.45. The lowest BCUT2D eigenvalue weighted by molar-refractivity contribution is -0.137. The Morgan fingerprint density at radius 1 is 1.23 bits per heavy atom. The van der Waals surface area contributed by atoms with E-state index in [1.807, 2.05) is 0 Å². The van der Waals surface area contributed by atoms with E-state index in [1.54, 1.807) is 24.3 Å². The van der Waals surface area contributed by atoms with E-state index >= 15 is 0 Å². The van der Waals surface area contributed by atoms with E-state index in [9.17, 15) is 9.59 Å². The third-order valence-electron chi connectivity index (χ3n) is 2.93. The minimum Gasteiger partial charge on any atom is -0.494 e. The maximum atomic E-state index is 11.6. The number of hydrogen-bond donors (Lipinski definition) is 3. The molecule has 1 aromatic carbocycles. The summed E-state index contributed by atoms with van der Waals surface area (Å²) in [5, 5.41) is 13.8. The Kier molecular flexibility index (Phi) is 7.81. The van der Waals surface area contributed by atoms with Gasteiger partial charge < -0.3 is 20.5 Å². The first kappa shape index (κ1) is 17.8. The summed E-state index contributed by atoms with van der Waals surface area (Å²) in [6, 6.07) is 6.79. The average molecular weight is 308 g/mol. The first-order valence-electron chi connectivity index (χ1n) is 7.47. The number of aliphatic carboxylic acids is 1. The van der Waals surface area contributed by atoms with Crippen molar-refractivity contribution in [1.29, 1.82) is 0 Å². The zero-order chi connectivity index (χ0) is 16.4. The number of carboxylic acids is 1. The lowest BCUT2D eigenvalue weighted by atomic mass is 10.1. The Morgan fingerprint density at radius 3 is 2.50 bits per heavy atom. The first-order valence-corrected chi connectivity index (χ1v) is 7.47. The van der Waals surface area contributed by atoms with Crippen molar-refractivity contribution in [2.45, 2.75) is 33.1 Å². The van der Waals surface area contributed by atoms with Gasteiger partial charge in [0, 0.05) is 18.7 Å². The number of amides is 2. The second kappa shape index (κ2) is 9.65. The molecular formula is C16H24N2O4. The Hall–Kier alpha value is -2.24. The van der Waals surface area contributed by atoms with Gasteiger partial charge in [0.2, 0.25) is 0 Å². The summed E-state index contributed by atoms with van der Waals surface area (Å²) in [5.74, 6) is 0.508. The third kappa shape index (κ3) is 8.14. The maximum absolute atomic E-state index is 11.6. The molecule has 2 amide bonds. The smallest absolute Gasteiger partial charge is 0.319 e. The third-order valence-corrected chi connectivity index (χ3v) is 2.93. The van der Waals surface area contributed by atoms with Gasteiger partial charge in [-0.05, 0) is 43.0 Å². The second-order valence-electron chi connectivity index (χ2n) is 5.43. The highest BCUT2D eigenvalue weighted by atomic mass is 16.5. The number of urea groups is 1. The normalized spacial score (nSPS) is 10.3. The zero-order valence-electron chi connectivity index (χ0n) is 13.1. The summed E-state index contributed by atoms with van der Waals surface area (Å²) in [5.41, 5.74) is 0.659. The monoisotopic (exact) mass is 308 g/mol. The topological polar surface area (TPSA) is 87.7 Å². The van der Waals surface area contributed by atoms with Crippen LogP contribution in [-0.4, -0.2) is 30.3 Å². The van der Waals surface area contributed by atoms with Gasteiger partial charge in [-0.25, -0.2) is 4.79 Å². The number of rotatable bonds is 9. The van der Waals surface area contributed by atoms with E-state index in [0.29, 0.717) is 31.2 Å². The van der Waals surface area contributed by atoms with Crippen molar-refractivity contribution >= 4 is 17.7 Å². The van der Waals surface area contributed by atoms with Crippen LogP contribution in [-0.2, 0) is 4.79 Å². The van der Waals surface area contributed by atoms with E-state index in [1.165, 1.54) is 0 Å². The number of nitrogens with one attached hydrogen (secondary N) is 2. The summed E-state index contributed by atoms with van der Waals surface area (Å²) < 4.78 is 5.59. The van der Waals surface area contributed by atoms with Crippen LogP contribution in [0.2, 0.25) is 0 Å². The number of hydrogen-bond acceptors (Lipinski definition) is 3. The van der Waals surface area contributed by atoms with Crippen LogP contribution in [0.4, 0.5) is 10.5 Å². The minimum atomic E-state index is -0.865. The fourth-order valence-electron chi connectivity index (χ4n) is 1.66. The second-order valence-corrected chi connectivity index (χ2v) is 5.43. The van der Waals surface area contributed by atoms with Gasteiger partial charge in [-0.15, -0.1) is 0 Å². The summed E-state index contributed by atoms with van der Waals surface area (Å²) in [4.78, 5) is 21.9. The van der Waals surface area contributed by atoms with Crippen molar-refractivity contribution in [2.75, 3.05) is 18.5 Å². The summed E-state index contributed by atoms with van der Waals surface area (Å²) >= 11 is 0. The molecule has 0 aliphatic heterocycles. The van der Waals surface area contributed by atoms with E-state index in [0.717, 1.165) is 12.2 Å². The molecule has 0 bridgehead atoms. The Bertz CT molecular complexity index is 472. The number of carbonyl (C=O) groups is 2. The number of benzene rings is 1. The molecule has 6 heteroatoms. The number of ether oxygens (including phenoxy) is 1. The summed E-state index contributed by atoms with van der Waals surface area (Å²) in [6.45, 7) is 5.29. The molecule has 0 atom stereocenters. The molecule has 6 nitrogen and oxygen atoms in total. The molecule has 1 aromatic rings. The Labute approximate surface area is 130 Å². The molecule has 0 aliphatic carbocycles. The first-order chi connectivity index (χ1) is 10.5. The van der Waals surface area contributed by atoms with Crippen molar-refractivity contribution in [2.24, 2.45) is 5.92 Å². The Balaban J connectivity index is 2.28. The molecule has 0 heterocycles. The van der Waals surface area contributed by atoms with Crippen LogP contribution in [0, 0.1) is 5.92 Å². The molecule has 0 radical (unpaired) electrons. The lowest BCUT2D eigenvalue weighted by Crippen LogP contribution is -2.29. The standard InChI is InChI=1S/C16H24N2O4/c1-12(2)9-11-22-14-7-5-13(6-8-14)18-16(21)17-10-3-4-15(19)20/h5-8,12H,3-4,9-11H2,1-2H3,(H,19,20)(H2,17,18,21). The fraction of sp³-hybridized carbons (Fsp3) is 0.500. The van der Waals surface area contributed by atoms with Crippen molar-refractivity contribution in [3.8, 4) is 5.75 Å². The molecule has 0 aromatic heterocycles. The van der Waals surface area contributed by atoms with E-state index in [2.05, 4.69) is 24.5 Å². The molecule has 3 N–H and O–H groups in total. The van der Waals surface area contributed by atoms with Crippen LogP contribution in [0.25, 0.3) is 0 Å². The van der Waals surface area contributed by atoms with Crippen LogP contribution >= 0.6 is 0 Å². The van der Waals surface area contributed by atoms with Crippen LogP contribution < -0.4 is 15.4 Å². The van der Waals surface area contributed by atoms with E-state index in [-0.39, 0.29) is 12.5 Å². The van der Waals surface area contributed by atoms with Gasteiger partial charge in [0.05, 0.1) is 6.61 Å². The van der Waals surface area contributed by atoms with Crippen LogP contribution in [0.1, 0.15) is 33.1 Å². The molecule has 0 unspecified atom stereocenters. The van der Waals surface area contributed by atoms with Crippen LogP contribution in [0.15, 0.2) is 24.3 Å². The molecule has 0 saturated heterocycles. The molecular weight excluding hydrogens is 284 g/mol. The average Bonchev–Trinajstić information content (AvgIpc) is 2.45. The Morgan fingerprint density at radius 2 is 1.91 bits per heavy atom. The van der Waals surface area contributed by atoms with Gasteiger partial charge in [-0.3, -0.25) is 4.79 Å². The highest BCUT2D eigenvalue weighted by Crippen LogP contribution is 2.16. The largest absolute Gasteiger partial charge is 0.494 e. The molecule has 0 saturated carbocycles. The van der Waals surface area contributed by atoms with Gasteiger partial charge in [0.1, 0.15) is 5.75 Å². The fourth-order valence-corrected chi connectivity index (χ4v) is 1.66. The van der Waals surface area contributed by atoms with Crippen molar-refractivity contribution in [1.82, 2.24) is 5.32 Å². The van der Waals surface area contributed by atoms with E-state index < -0.39 is 5.97 Å². The number of carboxylic acid groups (broad SMARTS) is 1. The van der Waals surface area contributed by atoms with Crippen LogP contribution in [0.3, 0.4) is 0 Å². The van der Waals surface area contributed by atoms with Gasteiger partial charge >= 0.3 is 12.0 Å². The highest BCUT2D eigenvalue weighted by Gasteiger charge is 2.03. The number of anilines is 1. The molecule has 22 heavy (non-hydrogen) atoms. The SMILES string of the molecule is CC(C)CCOc1ccc(NC(=O)NCCCC(=O)O)cc1. The zero-order valence-corrected chi connectivity index (χ0v) is 13.1. The quantitative estimate of drug-likeness (QED) is 0.612. The van der Waals surface area contributed by atoms with Gasteiger partial charge in [-0.1, -0.05) is 13.8 Å². The van der Waals surface area contributed by atoms with Crippen molar-refractivity contribution in [3.05, 3.63) is 24.3 Å². The van der Waals surface area contributed by atoms with Gasteiger partial charge in [0.25, 0.3) is 0 Å². The molecule has 122 valence electrons. The molecule has 0 spiro atoms. The van der Waals surface area contributed by atoms with Crippen molar-refractivity contribution < 1.29 is 19.4 Å². The molecule has 0 aliphatic rings. The van der Waals surface area contributed by atoms with Crippen molar-refractivity contribution in [3.63, 3.8) is 0 Å². The predicted octanol–water partition coefficient (Wildman–Crippen LogP) is 3.10.